The lowest BCUT2D eigenvalue weighted by molar-refractivity contribution is -0.125. The number of hydrogen-bond acceptors (Lipinski definition) is 5. The van der Waals surface area contributed by atoms with E-state index in [1.807, 2.05) is 30.3 Å². The van der Waals surface area contributed by atoms with Gasteiger partial charge >= 0.3 is 6.08 Å². The van der Waals surface area contributed by atoms with Crippen LogP contribution in [0.1, 0.15) is 33.1 Å². The molecule has 2 aromatic rings. The fourth-order valence-corrected chi connectivity index (χ4v) is 3.13. The monoisotopic (exact) mass is 329 g/mol. The van der Waals surface area contributed by atoms with Gasteiger partial charge in [-0.15, -0.1) is 5.10 Å². The molecule has 1 N–H and O–H groups in total. The molecule has 0 saturated heterocycles. The molecule has 1 aromatic carbocycles. The van der Waals surface area contributed by atoms with E-state index in [-0.39, 0.29) is 24.6 Å². The molecule has 1 saturated carbocycles. The number of carbonyl (C=O) groups is 1. The van der Waals surface area contributed by atoms with Gasteiger partial charge in [-0.3, -0.25) is 4.79 Å². The second kappa shape index (κ2) is 7.47. The Labute approximate surface area is 141 Å². The van der Waals surface area contributed by atoms with Gasteiger partial charge in [-0.25, -0.2) is 0 Å². The molecule has 0 bridgehead atoms. The summed E-state index contributed by atoms with van der Waals surface area (Å²) in [6.45, 7) is 4.32. The second-order valence-electron chi connectivity index (χ2n) is 6.47. The number of benzene rings is 1. The first-order chi connectivity index (χ1) is 11.6. The minimum Gasteiger partial charge on any atom is -0.439 e. The minimum atomic E-state index is -0.152. The fourth-order valence-electron chi connectivity index (χ4n) is 3.13. The van der Waals surface area contributed by atoms with Crippen molar-refractivity contribution in [2.24, 2.45) is 11.8 Å². The molecular formula is C18H23N3O3. The first-order valence-corrected chi connectivity index (χ1v) is 8.44. The lowest BCUT2D eigenvalue weighted by Crippen LogP contribution is -2.45. The van der Waals surface area contributed by atoms with Crippen LogP contribution >= 0.6 is 0 Å². The van der Waals surface area contributed by atoms with E-state index in [1.54, 1.807) is 0 Å². The highest BCUT2D eigenvalue weighted by molar-refractivity contribution is 5.77. The van der Waals surface area contributed by atoms with Crippen molar-refractivity contribution in [1.82, 2.24) is 15.5 Å². The SMILES string of the molecule is C[C@H]1[C@H](C)CCC[C@H]1NC(=O)COc1nnc(-c2ccccc2)o1. The van der Waals surface area contributed by atoms with Gasteiger partial charge < -0.3 is 14.5 Å². The maximum Gasteiger partial charge on any atom is 0.415 e. The Morgan fingerprint density at radius 3 is 2.83 bits per heavy atom. The van der Waals surface area contributed by atoms with Crippen LogP contribution in [0.3, 0.4) is 0 Å². The predicted molar refractivity (Wildman–Crippen MR) is 89.3 cm³/mol. The molecule has 128 valence electrons. The van der Waals surface area contributed by atoms with Crippen molar-refractivity contribution in [1.29, 1.82) is 0 Å². The Hall–Kier alpha value is -2.37. The van der Waals surface area contributed by atoms with Gasteiger partial charge in [0.05, 0.1) is 0 Å². The van der Waals surface area contributed by atoms with E-state index in [4.69, 9.17) is 9.15 Å². The third kappa shape index (κ3) is 3.93. The van der Waals surface area contributed by atoms with Crippen molar-refractivity contribution in [2.75, 3.05) is 6.61 Å². The predicted octanol–water partition coefficient (Wildman–Crippen LogP) is 3.06. The summed E-state index contributed by atoms with van der Waals surface area (Å²) in [5.74, 6) is 1.34. The number of hydrogen-bond donors (Lipinski definition) is 1. The normalized spacial score (nSPS) is 23.7. The van der Waals surface area contributed by atoms with Crippen molar-refractivity contribution < 1.29 is 13.9 Å². The van der Waals surface area contributed by atoms with E-state index in [2.05, 4.69) is 29.4 Å². The third-order valence-corrected chi connectivity index (χ3v) is 4.81. The zero-order chi connectivity index (χ0) is 16.9. The highest BCUT2D eigenvalue weighted by atomic mass is 16.6. The number of carbonyl (C=O) groups excluding carboxylic acids is 1. The average molecular weight is 329 g/mol. The summed E-state index contributed by atoms with van der Waals surface area (Å²) in [4.78, 5) is 12.1. The summed E-state index contributed by atoms with van der Waals surface area (Å²) >= 11 is 0. The van der Waals surface area contributed by atoms with Gasteiger partial charge in [0.15, 0.2) is 6.61 Å². The smallest absolute Gasteiger partial charge is 0.415 e. The Kier molecular flexibility index (Phi) is 5.13. The standard InChI is InChI=1S/C18H23N3O3/c1-12-7-6-10-15(13(12)2)19-16(22)11-23-18-21-20-17(24-18)14-8-4-3-5-9-14/h3-5,8-9,12-13,15H,6-7,10-11H2,1-2H3,(H,19,22)/t12-,13+,15-/m1/s1. The Bertz CT molecular complexity index is 671. The first kappa shape index (κ1) is 16.5. The Balaban J connectivity index is 1.51. The molecule has 1 heterocycles. The molecule has 1 amide bonds. The zero-order valence-corrected chi connectivity index (χ0v) is 14.1. The van der Waals surface area contributed by atoms with Gasteiger partial charge in [0.2, 0.25) is 0 Å². The minimum absolute atomic E-state index is 0.00839. The summed E-state index contributed by atoms with van der Waals surface area (Å²) in [6.07, 6.45) is 3.42. The van der Waals surface area contributed by atoms with Crippen LogP contribution in [0.2, 0.25) is 0 Å². The van der Waals surface area contributed by atoms with Crippen LogP contribution in [0.15, 0.2) is 34.7 Å². The molecule has 3 atom stereocenters. The molecule has 3 rings (SSSR count). The number of ether oxygens (including phenoxy) is 1. The summed E-state index contributed by atoms with van der Waals surface area (Å²) < 4.78 is 10.7. The van der Waals surface area contributed by atoms with Crippen LogP contribution in [-0.2, 0) is 4.79 Å². The van der Waals surface area contributed by atoms with Crippen molar-refractivity contribution in [3.8, 4) is 17.5 Å². The van der Waals surface area contributed by atoms with Crippen molar-refractivity contribution in [3.63, 3.8) is 0 Å². The van der Waals surface area contributed by atoms with Gasteiger partial charge in [-0.05, 0) is 30.4 Å². The fraction of sp³-hybridized carbons (Fsp3) is 0.500. The molecule has 1 aliphatic carbocycles. The van der Waals surface area contributed by atoms with E-state index in [0.29, 0.717) is 17.7 Å². The molecule has 0 aliphatic heterocycles. The molecule has 0 unspecified atom stereocenters. The van der Waals surface area contributed by atoms with Gasteiger partial charge in [0, 0.05) is 11.6 Å². The van der Waals surface area contributed by atoms with Crippen molar-refractivity contribution in [2.45, 2.75) is 39.2 Å². The maximum atomic E-state index is 12.1. The van der Waals surface area contributed by atoms with E-state index in [9.17, 15) is 4.79 Å². The Morgan fingerprint density at radius 2 is 2.04 bits per heavy atom. The van der Waals surface area contributed by atoms with E-state index in [1.165, 1.54) is 6.42 Å². The largest absolute Gasteiger partial charge is 0.439 e. The van der Waals surface area contributed by atoms with Gasteiger partial charge in [-0.1, -0.05) is 50.0 Å². The highest BCUT2D eigenvalue weighted by Crippen LogP contribution is 2.29. The van der Waals surface area contributed by atoms with Crippen LogP contribution in [0.25, 0.3) is 11.5 Å². The van der Waals surface area contributed by atoms with Gasteiger partial charge in [-0.2, -0.15) is 0 Å². The van der Waals surface area contributed by atoms with Crippen molar-refractivity contribution in [3.05, 3.63) is 30.3 Å². The summed E-state index contributed by atoms with van der Waals surface area (Å²) in [5.41, 5.74) is 0.814. The number of nitrogens with zero attached hydrogens (tertiary/aromatic N) is 2. The summed E-state index contributed by atoms with van der Waals surface area (Å²) in [7, 11) is 0. The van der Waals surface area contributed by atoms with Gasteiger partial charge in [0.25, 0.3) is 11.8 Å². The van der Waals surface area contributed by atoms with E-state index >= 15 is 0 Å². The second-order valence-corrected chi connectivity index (χ2v) is 6.47. The summed E-state index contributed by atoms with van der Waals surface area (Å²) in [5, 5.41) is 10.8. The molecule has 0 spiro atoms. The number of nitrogens with one attached hydrogen (secondary N) is 1. The lowest BCUT2D eigenvalue weighted by Gasteiger charge is -2.34. The van der Waals surface area contributed by atoms with Crippen LogP contribution in [0, 0.1) is 11.8 Å². The highest BCUT2D eigenvalue weighted by Gasteiger charge is 2.28. The molecule has 6 heteroatoms. The third-order valence-electron chi connectivity index (χ3n) is 4.81. The van der Waals surface area contributed by atoms with E-state index in [0.717, 1.165) is 18.4 Å². The summed E-state index contributed by atoms with van der Waals surface area (Å²) in [6, 6.07) is 9.65. The Morgan fingerprint density at radius 1 is 1.25 bits per heavy atom. The van der Waals surface area contributed by atoms with Crippen LogP contribution in [-0.4, -0.2) is 28.8 Å². The van der Waals surface area contributed by atoms with Crippen LogP contribution < -0.4 is 10.1 Å². The van der Waals surface area contributed by atoms with Crippen molar-refractivity contribution >= 4 is 5.91 Å². The first-order valence-electron chi connectivity index (χ1n) is 8.44. The quantitative estimate of drug-likeness (QED) is 0.912. The topological polar surface area (TPSA) is 77.2 Å². The molecule has 6 nitrogen and oxygen atoms in total. The molecule has 0 radical (unpaired) electrons. The van der Waals surface area contributed by atoms with Crippen LogP contribution in [0.4, 0.5) is 0 Å². The van der Waals surface area contributed by atoms with Crippen LogP contribution in [0.5, 0.6) is 6.08 Å². The molecule has 1 fully saturated rings. The number of rotatable bonds is 5. The van der Waals surface area contributed by atoms with E-state index < -0.39 is 0 Å². The molecular weight excluding hydrogens is 306 g/mol. The zero-order valence-electron chi connectivity index (χ0n) is 14.1. The number of amides is 1. The maximum absolute atomic E-state index is 12.1. The molecule has 1 aromatic heterocycles. The molecule has 1 aliphatic rings. The molecule has 24 heavy (non-hydrogen) atoms. The average Bonchev–Trinajstić information content (AvgIpc) is 3.07. The lowest BCUT2D eigenvalue weighted by atomic mass is 9.78. The number of aromatic nitrogens is 2. The van der Waals surface area contributed by atoms with Gasteiger partial charge in [0.1, 0.15) is 0 Å².